The summed E-state index contributed by atoms with van der Waals surface area (Å²) in [6.07, 6.45) is 5.02. The fourth-order valence-electron chi connectivity index (χ4n) is 1.83. The van der Waals surface area contributed by atoms with Crippen molar-refractivity contribution >= 4 is 12.3 Å². The average molecular weight is 281 g/mol. The van der Waals surface area contributed by atoms with E-state index >= 15 is 0 Å². The molecule has 1 aromatic rings. The number of esters is 1. The predicted octanol–water partition coefficient (Wildman–Crippen LogP) is 2.38. The molecular weight excluding hydrogens is 266 g/mol. The number of ether oxygens (including phenoxy) is 1. The Hall–Kier alpha value is -2.87. The normalized spacial score (nSPS) is 15.5. The first-order valence-electron chi connectivity index (χ1n) is 6.58. The summed E-state index contributed by atoms with van der Waals surface area (Å²) in [6.45, 7) is 2.60. The lowest BCUT2D eigenvalue weighted by Gasteiger charge is -2.18. The highest BCUT2D eigenvalue weighted by Gasteiger charge is 2.16. The standard InChI is InChI=1S/C16H15N3O2/c1-2-21-16(20)14(10-17)15-8-9-19(12-18-15)11-13-6-4-3-5-7-13/h3-9,12H,2,11H2,1H3/b15-14-. The van der Waals surface area contributed by atoms with Gasteiger partial charge in [0.25, 0.3) is 0 Å². The average Bonchev–Trinajstić information content (AvgIpc) is 2.51. The Labute approximate surface area is 123 Å². The van der Waals surface area contributed by atoms with Crippen molar-refractivity contribution in [3.63, 3.8) is 0 Å². The van der Waals surface area contributed by atoms with Gasteiger partial charge in [0.2, 0.25) is 0 Å². The SMILES string of the molecule is CCOC(=O)/C(C#N)=C1/C=CN(Cc2ccccc2)C=N1. The minimum Gasteiger partial charge on any atom is -0.462 e. The van der Waals surface area contributed by atoms with E-state index in [0.717, 1.165) is 5.56 Å². The van der Waals surface area contributed by atoms with Crippen molar-refractivity contribution in [1.82, 2.24) is 4.90 Å². The topological polar surface area (TPSA) is 65.7 Å². The van der Waals surface area contributed by atoms with Crippen LogP contribution >= 0.6 is 0 Å². The van der Waals surface area contributed by atoms with Gasteiger partial charge in [0, 0.05) is 12.7 Å². The van der Waals surface area contributed by atoms with Crippen LogP contribution in [0.4, 0.5) is 0 Å². The van der Waals surface area contributed by atoms with Gasteiger partial charge >= 0.3 is 5.97 Å². The van der Waals surface area contributed by atoms with Gasteiger partial charge in [0.05, 0.1) is 18.6 Å². The molecule has 1 aliphatic heterocycles. The van der Waals surface area contributed by atoms with Crippen LogP contribution in [0.25, 0.3) is 0 Å². The zero-order valence-corrected chi connectivity index (χ0v) is 11.7. The molecule has 0 radical (unpaired) electrons. The molecule has 21 heavy (non-hydrogen) atoms. The number of carbonyl (C=O) groups excluding carboxylic acids is 1. The highest BCUT2D eigenvalue weighted by Crippen LogP contribution is 2.14. The monoisotopic (exact) mass is 281 g/mol. The van der Waals surface area contributed by atoms with Gasteiger partial charge in [-0.25, -0.2) is 9.79 Å². The van der Waals surface area contributed by atoms with E-state index in [0.29, 0.717) is 12.2 Å². The fourth-order valence-corrected chi connectivity index (χ4v) is 1.83. The molecule has 1 aromatic carbocycles. The number of nitrogens with zero attached hydrogens (tertiary/aromatic N) is 3. The highest BCUT2D eigenvalue weighted by atomic mass is 16.5. The van der Waals surface area contributed by atoms with Crippen LogP contribution in [0.2, 0.25) is 0 Å². The number of hydrogen-bond donors (Lipinski definition) is 0. The maximum Gasteiger partial charge on any atom is 0.351 e. The first kappa shape index (κ1) is 14.5. The number of rotatable bonds is 4. The number of nitriles is 1. The Morgan fingerprint density at radius 2 is 2.14 bits per heavy atom. The minimum absolute atomic E-state index is 0.0799. The zero-order chi connectivity index (χ0) is 15.1. The van der Waals surface area contributed by atoms with Crippen LogP contribution in [0.3, 0.4) is 0 Å². The Bertz CT molecular complexity index is 623. The van der Waals surface area contributed by atoms with Crippen molar-refractivity contribution in [2.45, 2.75) is 13.5 Å². The molecular formula is C16H15N3O2. The van der Waals surface area contributed by atoms with Crippen LogP contribution in [0.1, 0.15) is 12.5 Å². The highest BCUT2D eigenvalue weighted by molar-refractivity contribution is 5.94. The van der Waals surface area contributed by atoms with E-state index in [1.54, 1.807) is 25.5 Å². The van der Waals surface area contributed by atoms with Gasteiger partial charge in [-0.1, -0.05) is 30.3 Å². The summed E-state index contributed by atoms with van der Waals surface area (Å²) < 4.78 is 4.83. The third kappa shape index (κ3) is 3.80. The number of carbonyl (C=O) groups is 1. The minimum atomic E-state index is -0.645. The van der Waals surface area contributed by atoms with Crippen molar-refractivity contribution in [3.8, 4) is 6.07 Å². The molecule has 0 saturated heterocycles. The number of allylic oxidation sites excluding steroid dienone is 1. The van der Waals surface area contributed by atoms with Crippen LogP contribution in [-0.4, -0.2) is 23.8 Å². The number of benzene rings is 1. The second-order valence-electron chi connectivity index (χ2n) is 4.31. The van der Waals surface area contributed by atoms with E-state index in [1.165, 1.54) is 0 Å². The molecule has 0 unspecified atom stereocenters. The molecule has 0 amide bonds. The second-order valence-corrected chi connectivity index (χ2v) is 4.31. The molecule has 0 saturated carbocycles. The Kier molecular flexibility index (Phi) is 4.89. The van der Waals surface area contributed by atoms with Crippen LogP contribution in [0.5, 0.6) is 0 Å². The Morgan fingerprint density at radius 1 is 1.38 bits per heavy atom. The third-order valence-corrected chi connectivity index (χ3v) is 2.82. The lowest BCUT2D eigenvalue weighted by Crippen LogP contribution is -2.18. The molecule has 106 valence electrons. The van der Waals surface area contributed by atoms with Crippen molar-refractivity contribution in [1.29, 1.82) is 5.26 Å². The second kappa shape index (κ2) is 7.06. The quantitative estimate of drug-likeness (QED) is 0.483. The number of hydrogen-bond acceptors (Lipinski definition) is 5. The van der Waals surface area contributed by atoms with Crippen LogP contribution in [0, 0.1) is 11.3 Å². The van der Waals surface area contributed by atoms with Crippen molar-refractivity contribution in [3.05, 3.63) is 59.4 Å². The van der Waals surface area contributed by atoms with Crippen LogP contribution < -0.4 is 0 Å². The van der Waals surface area contributed by atoms with Crippen molar-refractivity contribution in [2.75, 3.05) is 6.61 Å². The maximum absolute atomic E-state index is 11.6. The van der Waals surface area contributed by atoms with Gasteiger partial charge in [-0.3, -0.25) is 0 Å². The van der Waals surface area contributed by atoms with Crippen molar-refractivity contribution < 1.29 is 9.53 Å². The first-order valence-corrected chi connectivity index (χ1v) is 6.58. The molecule has 2 rings (SSSR count). The molecule has 1 aliphatic rings. The molecule has 5 nitrogen and oxygen atoms in total. The summed E-state index contributed by atoms with van der Waals surface area (Å²) in [5.74, 6) is -0.645. The van der Waals surface area contributed by atoms with E-state index < -0.39 is 5.97 Å². The fraction of sp³-hybridized carbons (Fsp3) is 0.188. The Morgan fingerprint density at radius 3 is 2.71 bits per heavy atom. The summed E-state index contributed by atoms with van der Waals surface area (Å²) in [7, 11) is 0. The molecule has 0 aliphatic carbocycles. The Balaban J connectivity index is 2.10. The van der Waals surface area contributed by atoms with Gasteiger partial charge < -0.3 is 9.64 Å². The van der Waals surface area contributed by atoms with Crippen LogP contribution in [0.15, 0.2) is 58.9 Å². The summed E-state index contributed by atoms with van der Waals surface area (Å²) in [4.78, 5) is 17.6. The van der Waals surface area contributed by atoms with E-state index in [9.17, 15) is 4.79 Å². The van der Waals surface area contributed by atoms with Gasteiger partial charge in [-0.2, -0.15) is 5.26 Å². The van der Waals surface area contributed by atoms with E-state index in [4.69, 9.17) is 10.00 Å². The van der Waals surface area contributed by atoms with E-state index in [2.05, 4.69) is 4.99 Å². The molecule has 0 fully saturated rings. The predicted molar refractivity (Wildman–Crippen MR) is 78.9 cm³/mol. The summed E-state index contributed by atoms with van der Waals surface area (Å²) in [5, 5.41) is 9.05. The van der Waals surface area contributed by atoms with Gasteiger partial charge in [-0.15, -0.1) is 0 Å². The molecule has 0 aromatic heterocycles. The van der Waals surface area contributed by atoms with Crippen LogP contribution in [-0.2, 0) is 16.1 Å². The van der Waals surface area contributed by atoms with Gasteiger partial charge in [-0.05, 0) is 18.6 Å². The molecule has 0 spiro atoms. The largest absolute Gasteiger partial charge is 0.462 e. The molecule has 0 bridgehead atoms. The van der Waals surface area contributed by atoms with Gasteiger partial charge in [0.1, 0.15) is 6.07 Å². The molecule has 0 atom stereocenters. The lowest BCUT2D eigenvalue weighted by molar-refractivity contribution is -0.138. The number of aliphatic imine (C=N–C) groups is 1. The summed E-state index contributed by atoms with van der Waals surface area (Å²) in [5.41, 5.74) is 1.39. The van der Waals surface area contributed by atoms with E-state index in [-0.39, 0.29) is 12.2 Å². The van der Waals surface area contributed by atoms with Crippen molar-refractivity contribution in [2.24, 2.45) is 4.99 Å². The molecule has 0 N–H and O–H groups in total. The lowest BCUT2D eigenvalue weighted by atomic mass is 10.2. The molecule has 1 heterocycles. The first-order chi connectivity index (χ1) is 10.2. The van der Waals surface area contributed by atoms with Gasteiger partial charge in [0.15, 0.2) is 5.57 Å². The summed E-state index contributed by atoms with van der Waals surface area (Å²) in [6, 6.07) is 11.8. The maximum atomic E-state index is 11.6. The smallest absolute Gasteiger partial charge is 0.351 e. The zero-order valence-electron chi connectivity index (χ0n) is 11.7. The third-order valence-electron chi connectivity index (χ3n) is 2.82. The van der Waals surface area contributed by atoms with E-state index in [1.807, 2.05) is 41.3 Å². The summed E-state index contributed by atoms with van der Waals surface area (Å²) >= 11 is 0. The molecule has 5 heteroatoms.